The normalized spacial score (nSPS) is 16.8. The van der Waals surface area contributed by atoms with Gasteiger partial charge in [-0.3, -0.25) is 4.68 Å². The van der Waals surface area contributed by atoms with Gasteiger partial charge in [-0.15, -0.1) is 0 Å². The van der Waals surface area contributed by atoms with Gasteiger partial charge in [-0.2, -0.15) is 5.10 Å². The molecule has 5 heteroatoms. The van der Waals surface area contributed by atoms with Crippen LogP contribution in [0, 0.1) is 0 Å². The van der Waals surface area contributed by atoms with Crippen LogP contribution in [0.4, 0.5) is 0 Å². The highest BCUT2D eigenvalue weighted by Crippen LogP contribution is 2.33. The molecule has 2 N–H and O–H groups in total. The monoisotopic (exact) mass is 297 g/mol. The van der Waals surface area contributed by atoms with E-state index < -0.39 is 0 Å². The summed E-state index contributed by atoms with van der Waals surface area (Å²) in [6, 6.07) is 10.7. The minimum atomic E-state index is 0.594. The van der Waals surface area contributed by atoms with E-state index in [1.54, 1.807) is 6.20 Å². The van der Waals surface area contributed by atoms with Gasteiger partial charge in [-0.1, -0.05) is 24.3 Å². The fourth-order valence-electron chi connectivity index (χ4n) is 2.82. The van der Waals surface area contributed by atoms with E-state index >= 15 is 0 Å². The Morgan fingerprint density at radius 2 is 2.18 bits per heavy atom. The first-order valence-electron chi connectivity index (χ1n) is 7.84. The Bertz CT molecular complexity index is 659. The van der Waals surface area contributed by atoms with Crippen LogP contribution in [0.2, 0.25) is 0 Å². The zero-order valence-electron chi connectivity index (χ0n) is 13.2. The van der Waals surface area contributed by atoms with E-state index in [1.165, 1.54) is 11.1 Å². The predicted molar refractivity (Wildman–Crippen MR) is 88.9 cm³/mol. The van der Waals surface area contributed by atoms with Crippen LogP contribution in [0.15, 0.2) is 41.5 Å². The van der Waals surface area contributed by atoms with E-state index in [0.29, 0.717) is 12.5 Å². The van der Waals surface area contributed by atoms with Gasteiger partial charge in [-0.25, -0.2) is 4.99 Å². The largest absolute Gasteiger partial charge is 0.357 e. The van der Waals surface area contributed by atoms with Gasteiger partial charge in [0.25, 0.3) is 0 Å². The van der Waals surface area contributed by atoms with Crippen LogP contribution in [0.3, 0.4) is 0 Å². The first kappa shape index (κ1) is 14.6. The molecule has 1 aromatic carbocycles. The predicted octanol–water partition coefficient (Wildman–Crippen LogP) is 1.82. The number of aromatic nitrogens is 2. The highest BCUT2D eigenvalue weighted by atomic mass is 15.3. The minimum Gasteiger partial charge on any atom is -0.357 e. The summed E-state index contributed by atoms with van der Waals surface area (Å²) in [5, 5.41) is 10.9. The summed E-state index contributed by atoms with van der Waals surface area (Å²) < 4.78 is 1.86. The molecule has 1 heterocycles. The number of nitrogens with one attached hydrogen (secondary N) is 2. The van der Waals surface area contributed by atoms with E-state index in [0.717, 1.165) is 31.2 Å². The van der Waals surface area contributed by atoms with E-state index in [9.17, 15) is 0 Å². The number of guanidine groups is 1. The molecule has 0 saturated carbocycles. The topological polar surface area (TPSA) is 54.2 Å². The minimum absolute atomic E-state index is 0.594. The molecule has 0 radical (unpaired) electrons. The molecule has 1 aliphatic carbocycles. The van der Waals surface area contributed by atoms with Gasteiger partial charge in [0, 0.05) is 32.3 Å². The fraction of sp³-hybridized carbons (Fsp3) is 0.412. The number of rotatable bonds is 5. The molecular weight excluding hydrogens is 274 g/mol. The highest BCUT2D eigenvalue weighted by molar-refractivity contribution is 5.79. The number of aliphatic imine (C=N–C) groups is 1. The molecule has 1 atom stereocenters. The fourth-order valence-corrected chi connectivity index (χ4v) is 2.82. The third-order valence-electron chi connectivity index (χ3n) is 4.14. The van der Waals surface area contributed by atoms with Crippen molar-refractivity contribution in [1.29, 1.82) is 0 Å². The Labute approximate surface area is 131 Å². The maximum Gasteiger partial charge on any atom is 0.191 e. The van der Waals surface area contributed by atoms with Gasteiger partial charge in [0.05, 0.1) is 12.2 Å². The van der Waals surface area contributed by atoms with Crippen LogP contribution >= 0.6 is 0 Å². The zero-order valence-corrected chi connectivity index (χ0v) is 13.2. The van der Waals surface area contributed by atoms with E-state index in [4.69, 9.17) is 0 Å². The van der Waals surface area contributed by atoms with Gasteiger partial charge >= 0.3 is 0 Å². The Hall–Kier alpha value is -2.30. The molecule has 0 bridgehead atoms. The van der Waals surface area contributed by atoms with Crippen molar-refractivity contribution in [2.45, 2.75) is 25.8 Å². The van der Waals surface area contributed by atoms with Crippen molar-refractivity contribution in [2.24, 2.45) is 12.0 Å². The number of nitrogens with zero attached hydrogens (tertiary/aromatic N) is 3. The summed E-state index contributed by atoms with van der Waals surface area (Å²) >= 11 is 0. The van der Waals surface area contributed by atoms with Crippen LogP contribution in [0.1, 0.15) is 29.7 Å². The lowest BCUT2D eigenvalue weighted by Crippen LogP contribution is -2.41. The summed E-state index contributed by atoms with van der Waals surface area (Å²) in [4.78, 5) is 4.64. The Balaban J connectivity index is 1.57. The van der Waals surface area contributed by atoms with Crippen molar-refractivity contribution in [3.05, 3.63) is 53.3 Å². The van der Waals surface area contributed by atoms with Crippen LogP contribution in [0.25, 0.3) is 0 Å². The van der Waals surface area contributed by atoms with Gasteiger partial charge in [0.15, 0.2) is 5.96 Å². The molecule has 0 aliphatic heterocycles. The highest BCUT2D eigenvalue weighted by Gasteiger charge is 2.25. The molecule has 116 valence electrons. The lowest BCUT2D eigenvalue weighted by molar-refractivity contribution is 0.583. The average molecular weight is 297 g/mol. The van der Waals surface area contributed by atoms with E-state index in [-0.39, 0.29) is 0 Å². The number of aryl methyl sites for hydroxylation is 1. The van der Waals surface area contributed by atoms with Crippen LogP contribution in [0.5, 0.6) is 0 Å². The van der Waals surface area contributed by atoms with Gasteiger partial charge in [0.2, 0.25) is 0 Å². The third kappa shape index (κ3) is 3.13. The summed E-state index contributed by atoms with van der Waals surface area (Å²) in [5.41, 5.74) is 4.05. The van der Waals surface area contributed by atoms with Crippen LogP contribution < -0.4 is 10.6 Å². The second kappa shape index (κ2) is 6.64. The maximum atomic E-state index is 4.64. The van der Waals surface area contributed by atoms with Gasteiger partial charge in [0.1, 0.15) is 0 Å². The van der Waals surface area contributed by atoms with Crippen molar-refractivity contribution in [1.82, 2.24) is 20.4 Å². The van der Waals surface area contributed by atoms with Crippen LogP contribution in [-0.4, -0.2) is 28.8 Å². The maximum absolute atomic E-state index is 4.64. The molecule has 5 nitrogen and oxygen atoms in total. The molecule has 3 rings (SSSR count). The van der Waals surface area contributed by atoms with Crippen LogP contribution in [-0.2, 0) is 20.0 Å². The van der Waals surface area contributed by atoms with Crippen molar-refractivity contribution < 1.29 is 0 Å². The Morgan fingerprint density at radius 1 is 1.32 bits per heavy atom. The molecule has 0 spiro atoms. The van der Waals surface area contributed by atoms with Gasteiger partial charge < -0.3 is 10.6 Å². The standard InChI is InChI=1S/C17H23N5/c1-3-18-17(20-12-15-8-9-21-22(15)2)19-11-14-10-13-6-4-5-7-16(13)14/h4-9,14H,3,10-12H2,1-2H3,(H2,18,19,20). The molecule has 0 saturated heterocycles. The SMILES string of the molecule is CCNC(=NCc1ccnn1C)NCC1Cc2ccccc21. The molecule has 1 aliphatic rings. The molecule has 0 fully saturated rings. The van der Waals surface area contributed by atoms with E-state index in [1.807, 2.05) is 17.8 Å². The summed E-state index contributed by atoms with van der Waals surface area (Å²) in [7, 11) is 1.94. The lowest BCUT2D eigenvalue weighted by Gasteiger charge is -2.30. The first-order chi connectivity index (χ1) is 10.8. The molecule has 22 heavy (non-hydrogen) atoms. The molecule has 1 aromatic heterocycles. The Morgan fingerprint density at radius 3 is 2.91 bits per heavy atom. The lowest BCUT2D eigenvalue weighted by atomic mass is 9.78. The summed E-state index contributed by atoms with van der Waals surface area (Å²) in [6.45, 7) is 4.50. The molecular formula is C17H23N5. The summed E-state index contributed by atoms with van der Waals surface area (Å²) in [6.07, 6.45) is 2.96. The molecule has 0 amide bonds. The van der Waals surface area contributed by atoms with Gasteiger partial charge in [-0.05, 0) is 30.5 Å². The van der Waals surface area contributed by atoms with Crippen molar-refractivity contribution in [3.8, 4) is 0 Å². The number of hydrogen-bond acceptors (Lipinski definition) is 2. The van der Waals surface area contributed by atoms with Crippen molar-refractivity contribution in [2.75, 3.05) is 13.1 Å². The number of hydrogen-bond donors (Lipinski definition) is 2. The Kier molecular flexibility index (Phi) is 4.42. The van der Waals surface area contributed by atoms with E-state index in [2.05, 4.69) is 51.9 Å². The first-order valence-corrected chi connectivity index (χ1v) is 7.84. The smallest absolute Gasteiger partial charge is 0.191 e. The zero-order chi connectivity index (χ0) is 15.4. The van der Waals surface area contributed by atoms with Crippen molar-refractivity contribution in [3.63, 3.8) is 0 Å². The second-order valence-corrected chi connectivity index (χ2v) is 5.62. The molecule has 1 unspecified atom stereocenters. The summed E-state index contributed by atoms with van der Waals surface area (Å²) in [5.74, 6) is 1.46. The third-order valence-corrected chi connectivity index (χ3v) is 4.14. The molecule has 2 aromatic rings. The van der Waals surface area contributed by atoms with Crippen molar-refractivity contribution >= 4 is 5.96 Å². The number of fused-ring (bicyclic) bond motifs is 1. The quantitative estimate of drug-likeness (QED) is 0.654. The number of benzene rings is 1. The second-order valence-electron chi connectivity index (χ2n) is 5.62. The average Bonchev–Trinajstić information content (AvgIpc) is 2.91.